The van der Waals surface area contributed by atoms with E-state index in [4.69, 9.17) is 23.3 Å². The van der Waals surface area contributed by atoms with Crippen LogP contribution in [0.3, 0.4) is 0 Å². The first kappa shape index (κ1) is 23.1. The Kier molecular flexibility index (Phi) is 14.0. The minimum Gasteiger partial charge on any atom is -0.350 e. The van der Waals surface area contributed by atoms with Crippen LogP contribution in [0, 0.1) is 0 Å². The van der Waals surface area contributed by atoms with Gasteiger partial charge in [-0.1, -0.05) is 78.1 Å². The molecule has 0 aromatic rings. The normalized spacial score (nSPS) is 23.4. The molecule has 0 bridgehead atoms. The van der Waals surface area contributed by atoms with E-state index in [0.717, 1.165) is 25.7 Å². The summed E-state index contributed by atoms with van der Waals surface area (Å²) in [5, 5.41) is 0. The van der Waals surface area contributed by atoms with Crippen LogP contribution in [0.4, 0.5) is 0 Å². The monoisotopic (exact) mass is 380 g/mol. The van der Waals surface area contributed by atoms with Crippen LogP contribution in [0.15, 0.2) is 0 Å². The predicted octanol–water partition coefficient (Wildman–Crippen LogP) is 6.15. The van der Waals surface area contributed by atoms with Crippen molar-refractivity contribution in [2.24, 2.45) is 0 Å². The maximum Gasteiger partial charge on any atom is 0.504 e. The van der Waals surface area contributed by atoms with E-state index in [9.17, 15) is 4.57 Å². The van der Waals surface area contributed by atoms with Gasteiger partial charge in [-0.05, 0) is 12.8 Å². The quantitative estimate of drug-likeness (QED) is 0.130. The van der Waals surface area contributed by atoms with Gasteiger partial charge in [0, 0.05) is 6.61 Å². The third kappa shape index (κ3) is 12.1. The smallest absolute Gasteiger partial charge is 0.350 e. The zero-order chi connectivity index (χ0) is 18.2. The van der Waals surface area contributed by atoms with E-state index in [1.807, 2.05) is 0 Å². The van der Waals surface area contributed by atoms with Crippen molar-refractivity contribution in [3.63, 3.8) is 0 Å². The van der Waals surface area contributed by atoms with Gasteiger partial charge >= 0.3 is 7.82 Å². The molecule has 0 radical (unpaired) electrons. The third-order valence-corrected chi connectivity index (χ3v) is 5.39. The van der Waals surface area contributed by atoms with E-state index in [0.29, 0.717) is 13.2 Å². The lowest BCUT2D eigenvalue weighted by atomic mass is 10.1. The Hall–Kier alpha value is 0.0300. The predicted molar refractivity (Wildman–Crippen MR) is 98.2 cm³/mol. The van der Waals surface area contributed by atoms with Crippen LogP contribution in [-0.2, 0) is 27.9 Å². The maximum atomic E-state index is 12.1. The van der Waals surface area contributed by atoms with Gasteiger partial charge in [0.25, 0.3) is 0 Å². The van der Waals surface area contributed by atoms with Gasteiger partial charge in [0.2, 0.25) is 0 Å². The molecule has 0 saturated carbocycles. The third-order valence-electron chi connectivity index (χ3n) is 4.14. The molecule has 1 saturated heterocycles. The van der Waals surface area contributed by atoms with E-state index in [1.165, 1.54) is 51.4 Å². The molecule has 1 aliphatic heterocycles. The van der Waals surface area contributed by atoms with Crippen molar-refractivity contribution < 1.29 is 27.9 Å². The molecule has 0 amide bonds. The molecule has 6 nitrogen and oxygen atoms in total. The number of phosphoric acid groups is 1. The number of unbranched alkanes of at least 4 members (excludes halogenated alkanes) is 10. The molecule has 0 spiro atoms. The minimum absolute atomic E-state index is 0.119. The first-order valence-corrected chi connectivity index (χ1v) is 11.5. The lowest BCUT2D eigenvalue weighted by Gasteiger charge is -2.11. The fourth-order valence-electron chi connectivity index (χ4n) is 2.61. The second-order valence-corrected chi connectivity index (χ2v) is 8.09. The van der Waals surface area contributed by atoms with Crippen molar-refractivity contribution in [1.82, 2.24) is 0 Å². The van der Waals surface area contributed by atoms with Crippen LogP contribution in [-0.4, -0.2) is 26.1 Å². The Bertz CT molecular complexity index is 352. The summed E-state index contributed by atoms with van der Waals surface area (Å²) in [6.45, 7) is 5.50. The molecule has 0 aromatic heterocycles. The topological polar surface area (TPSA) is 63.2 Å². The summed E-state index contributed by atoms with van der Waals surface area (Å²) in [5.41, 5.74) is 0. The average Bonchev–Trinajstić information content (AvgIpc) is 2.98. The summed E-state index contributed by atoms with van der Waals surface area (Å²) < 4.78 is 32.8. The highest BCUT2D eigenvalue weighted by atomic mass is 31.2. The number of hydrogen-bond donors (Lipinski definition) is 0. The minimum atomic E-state index is -3.61. The molecular formula is C18H37O6P. The van der Waals surface area contributed by atoms with E-state index in [1.54, 1.807) is 0 Å². The number of hydrogen-bond acceptors (Lipinski definition) is 6. The Morgan fingerprint density at radius 3 is 2.04 bits per heavy atom. The van der Waals surface area contributed by atoms with Crippen LogP contribution in [0.25, 0.3) is 0 Å². The highest BCUT2D eigenvalue weighted by Gasteiger charge is 2.40. The highest BCUT2D eigenvalue weighted by Crippen LogP contribution is 2.55. The van der Waals surface area contributed by atoms with Crippen molar-refractivity contribution in [3.05, 3.63) is 0 Å². The number of ether oxygens (including phenoxy) is 1. The van der Waals surface area contributed by atoms with Gasteiger partial charge in [-0.15, -0.1) is 4.67 Å². The van der Waals surface area contributed by atoms with Gasteiger partial charge < -0.3 is 4.74 Å². The SMILES string of the molecule is CCCCCCCCOOP1(=O)OCC(OCCCCCCCC)O1. The van der Waals surface area contributed by atoms with E-state index >= 15 is 0 Å². The second kappa shape index (κ2) is 15.1. The number of rotatable bonds is 17. The van der Waals surface area contributed by atoms with Crippen molar-refractivity contribution in [1.29, 1.82) is 0 Å². The van der Waals surface area contributed by atoms with Crippen LogP contribution in [0.2, 0.25) is 0 Å². The molecule has 7 heteroatoms. The largest absolute Gasteiger partial charge is 0.504 e. The summed E-state index contributed by atoms with van der Waals surface area (Å²) in [6.07, 6.45) is 13.4. The van der Waals surface area contributed by atoms with Crippen molar-refractivity contribution >= 4 is 7.82 Å². The van der Waals surface area contributed by atoms with Gasteiger partial charge in [-0.25, -0.2) is 9.45 Å². The van der Waals surface area contributed by atoms with E-state index in [-0.39, 0.29) is 6.61 Å². The van der Waals surface area contributed by atoms with E-state index < -0.39 is 14.1 Å². The molecule has 0 N–H and O–H groups in total. The summed E-state index contributed by atoms with van der Waals surface area (Å²) in [7, 11) is -3.61. The molecule has 150 valence electrons. The summed E-state index contributed by atoms with van der Waals surface area (Å²) in [4.78, 5) is 4.99. The van der Waals surface area contributed by atoms with Gasteiger partial charge in [-0.3, -0.25) is 9.05 Å². The zero-order valence-electron chi connectivity index (χ0n) is 16.1. The first-order valence-electron chi connectivity index (χ1n) is 10.1. The maximum absolute atomic E-state index is 12.1. The fraction of sp³-hybridized carbons (Fsp3) is 1.00. The Morgan fingerprint density at radius 1 is 0.840 bits per heavy atom. The molecule has 2 unspecified atom stereocenters. The fourth-order valence-corrected chi connectivity index (χ4v) is 3.67. The zero-order valence-corrected chi connectivity index (χ0v) is 17.0. The molecule has 0 aliphatic carbocycles. The Morgan fingerprint density at radius 2 is 1.40 bits per heavy atom. The van der Waals surface area contributed by atoms with Gasteiger partial charge in [-0.2, -0.15) is 0 Å². The molecule has 25 heavy (non-hydrogen) atoms. The molecule has 1 fully saturated rings. The first-order chi connectivity index (χ1) is 12.2. The van der Waals surface area contributed by atoms with Crippen molar-refractivity contribution in [2.75, 3.05) is 19.8 Å². The average molecular weight is 380 g/mol. The lowest BCUT2D eigenvalue weighted by molar-refractivity contribution is -0.225. The standard InChI is InChI=1S/C18H37O6P/c1-3-5-7-9-11-13-15-20-18-17-22-25(19,23-18)24-21-16-14-12-10-8-6-4-2/h18H,3-17H2,1-2H3. The van der Waals surface area contributed by atoms with Crippen LogP contribution >= 0.6 is 7.82 Å². The number of phosphoric ester groups is 1. The molecule has 1 aliphatic rings. The van der Waals surface area contributed by atoms with Crippen molar-refractivity contribution in [3.8, 4) is 0 Å². The summed E-state index contributed by atoms with van der Waals surface area (Å²) in [6, 6.07) is 0. The van der Waals surface area contributed by atoms with Gasteiger partial charge in [0.1, 0.15) is 6.61 Å². The molecule has 1 heterocycles. The summed E-state index contributed by atoms with van der Waals surface area (Å²) >= 11 is 0. The van der Waals surface area contributed by atoms with Crippen LogP contribution in [0.1, 0.15) is 90.9 Å². The second-order valence-electron chi connectivity index (χ2n) is 6.58. The van der Waals surface area contributed by atoms with E-state index in [2.05, 4.69) is 13.8 Å². The van der Waals surface area contributed by atoms with Crippen LogP contribution < -0.4 is 0 Å². The Balaban J connectivity index is 1.96. The van der Waals surface area contributed by atoms with Gasteiger partial charge in [0.15, 0.2) is 6.29 Å². The molecule has 1 rings (SSSR count). The van der Waals surface area contributed by atoms with Gasteiger partial charge in [0.05, 0.1) is 6.61 Å². The van der Waals surface area contributed by atoms with Crippen molar-refractivity contribution in [2.45, 2.75) is 97.2 Å². The molecule has 2 atom stereocenters. The molecule has 0 aromatic carbocycles. The highest BCUT2D eigenvalue weighted by molar-refractivity contribution is 7.48. The summed E-state index contributed by atoms with van der Waals surface area (Å²) in [5.74, 6) is 0. The Labute approximate surface area is 153 Å². The van der Waals surface area contributed by atoms with Crippen LogP contribution in [0.5, 0.6) is 0 Å². The lowest BCUT2D eigenvalue weighted by Crippen LogP contribution is -2.14. The molecular weight excluding hydrogens is 343 g/mol.